The predicted molar refractivity (Wildman–Crippen MR) is 151 cm³/mol. The molecule has 0 saturated heterocycles. The Labute approximate surface area is 220 Å². The second kappa shape index (κ2) is 12.7. The maximum absolute atomic E-state index is 14.4. The number of anilines is 1. The van der Waals surface area contributed by atoms with Gasteiger partial charge in [-0.1, -0.05) is 31.0 Å². The van der Waals surface area contributed by atoms with Gasteiger partial charge in [0.15, 0.2) is 0 Å². The second-order valence-corrected chi connectivity index (χ2v) is 10.3. The number of amidine groups is 1. The van der Waals surface area contributed by atoms with Crippen molar-refractivity contribution in [3.8, 4) is 6.07 Å². The van der Waals surface area contributed by atoms with E-state index in [2.05, 4.69) is 46.6 Å². The van der Waals surface area contributed by atoms with Gasteiger partial charge in [0.05, 0.1) is 24.0 Å². The fraction of sp³-hybridized carbons (Fsp3) is 0.452. The van der Waals surface area contributed by atoms with Crippen molar-refractivity contribution in [2.24, 2.45) is 15.9 Å². The third-order valence-corrected chi connectivity index (χ3v) is 7.49. The van der Waals surface area contributed by atoms with Crippen LogP contribution in [0.5, 0.6) is 0 Å². The van der Waals surface area contributed by atoms with Crippen molar-refractivity contribution in [1.82, 2.24) is 5.32 Å². The normalized spacial score (nSPS) is 20.0. The highest BCUT2D eigenvalue weighted by Gasteiger charge is 2.29. The zero-order valence-electron chi connectivity index (χ0n) is 22.1. The molecular weight excluding hydrogens is 461 g/mol. The highest BCUT2D eigenvalue weighted by molar-refractivity contribution is 6.04. The molecule has 2 atom stereocenters. The number of nitrogens with one attached hydrogen (secondary N) is 2. The van der Waals surface area contributed by atoms with Gasteiger partial charge in [-0.15, -0.1) is 0 Å². The van der Waals surface area contributed by atoms with Crippen LogP contribution in [0.2, 0.25) is 0 Å². The third-order valence-electron chi connectivity index (χ3n) is 7.49. The van der Waals surface area contributed by atoms with Gasteiger partial charge in [-0.2, -0.15) is 5.26 Å². The van der Waals surface area contributed by atoms with Crippen LogP contribution in [0.25, 0.3) is 0 Å². The summed E-state index contributed by atoms with van der Waals surface area (Å²) in [4.78, 5) is 9.39. The number of hydrogen-bond acceptors (Lipinski definition) is 4. The third kappa shape index (κ3) is 6.85. The molecule has 194 valence electrons. The van der Waals surface area contributed by atoms with Crippen LogP contribution in [0.1, 0.15) is 79.5 Å². The Balaban J connectivity index is 1.57. The van der Waals surface area contributed by atoms with Crippen molar-refractivity contribution >= 4 is 23.9 Å². The summed E-state index contributed by atoms with van der Waals surface area (Å²) >= 11 is 0. The Morgan fingerprint density at radius 2 is 2.00 bits per heavy atom. The number of rotatable bonds is 10. The highest BCUT2D eigenvalue weighted by Crippen LogP contribution is 2.45. The molecule has 0 aromatic heterocycles. The maximum atomic E-state index is 14.4. The molecule has 2 aliphatic rings. The molecule has 2 N–H and O–H groups in total. The molecule has 5 nitrogen and oxygen atoms in total. The molecule has 0 aliphatic heterocycles. The molecule has 0 bridgehead atoms. The molecule has 0 radical (unpaired) electrons. The van der Waals surface area contributed by atoms with E-state index in [1.807, 2.05) is 26.0 Å². The lowest BCUT2D eigenvalue weighted by Crippen LogP contribution is -2.42. The lowest BCUT2D eigenvalue weighted by molar-refractivity contribution is 0.274. The Morgan fingerprint density at radius 3 is 2.73 bits per heavy atom. The average molecular weight is 500 g/mol. The van der Waals surface area contributed by atoms with Gasteiger partial charge in [0.1, 0.15) is 11.7 Å². The van der Waals surface area contributed by atoms with Crippen molar-refractivity contribution in [1.29, 1.82) is 5.26 Å². The first kappa shape index (κ1) is 26.6. The minimum atomic E-state index is -0.257. The van der Waals surface area contributed by atoms with Crippen molar-refractivity contribution in [3.05, 3.63) is 70.7 Å². The van der Waals surface area contributed by atoms with E-state index in [1.54, 1.807) is 6.20 Å². The van der Waals surface area contributed by atoms with Crippen LogP contribution < -0.4 is 10.6 Å². The summed E-state index contributed by atoms with van der Waals surface area (Å²) in [7, 11) is 0. The average Bonchev–Trinajstić information content (AvgIpc) is 3.73. The number of nitrogens with zero attached hydrogens (tertiary/aromatic N) is 3. The minimum absolute atomic E-state index is 0.257. The van der Waals surface area contributed by atoms with E-state index in [1.165, 1.54) is 37.3 Å². The SMILES string of the molecule is C=Nc1c(C(=NC/C=C/Nc2c(C)cc(C)cc2F)NC2CCCCC2CCC#N)cccc1C1CC1. The largest absolute Gasteiger partial charge is 0.367 e. The molecule has 2 unspecified atom stereocenters. The van der Waals surface area contributed by atoms with Crippen LogP contribution in [0, 0.1) is 36.9 Å². The molecule has 2 aliphatic carbocycles. The minimum Gasteiger partial charge on any atom is -0.367 e. The van der Waals surface area contributed by atoms with Gasteiger partial charge in [0.2, 0.25) is 0 Å². The Morgan fingerprint density at radius 1 is 1.19 bits per heavy atom. The van der Waals surface area contributed by atoms with Crippen LogP contribution >= 0.6 is 0 Å². The smallest absolute Gasteiger partial charge is 0.147 e. The van der Waals surface area contributed by atoms with Crippen LogP contribution in [0.3, 0.4) is 0 Å². The number of para-hydroxylation sites is 1. The summed E-state index contributed by atoms with van der Waals surface area (Å²) < 4.78 is 14.4. The molecule has 0 amide bonds. The zero-order chi connectivity index (χ0) is 26.2. The zero-order valence-corrected chi connectivity index (χ0v) is 22.1. The Hall–Kier alpha value is -3.46. The number of aliphatic imine (C=N–C) groups is 2. The molecule has 0 spiro atoms. The van der Waals surface area contributed by atoms with E-state index in [0.29, 0.717) is 30.5 Å². The topological polar surface area (TPSA) is 72.6 Å². The summed E-state index contributed by atoms with van der Waals surface area (Å²) in [5.74, 6) is 1.57. The van der Waals surface area contributed by atoms with Crippen molar-refractivity contribution in [2.75, 3.05) is 11.9 Å². The summed E-state index contributed by atoms with van der Waals surface area (Å²) in [6, 6.07) is 12.4. The molecule has 2 saturated carbocycles. The maximum Gasteiger partial charge on any atom is 0.147 e. The Kier molecular flexibility index (Phi) is 9.11. The quantitative estimate of drug-likeness (QED) is 0.263. The van der Waals surface area contributed by atoms with Gasteiger partial charge in [-0.05, 0) is 106 Å². The number of aryl methyl sites for hydroxylation is 2. The van der Waals surface area contributed by atoms with Crippen LogP contribution in [-0.2, 0) is 0 Å². The van der Waals surface area contributed by atoms with Crippen LogP contribution in [0.4, 0.5) is 15.8 Å². The van der Waals surface area contributed by atoms with Gasteiger partial charge in [0, 0.05) is 18.0 Å². The fourth-order valence-corrected chi connectivity index (χ4v) is 5.47. The van der Waals surface area contributed by atoms with E-state index in [-0.39, 0.29) is 11.9 Å². The molecule has 6 heteroatoms. The molecule has 0 heterocycles. The van der Waals surface area contributed by atoms with Gasteiger partial charge >= 0.3 is 0 Å². The van der Waals surface area contributed by atoms with E-state index >= 15 is 0 Å². The van der Waals surface area contributed by atoms with Crippen LogP contribution in [0.15, 0.2) is 52.6 Å². The summed E-state index contributed by atoms with van der Waals surface area (Å²) in [6.45, 7) is 8.11. The second-order valence-electron chi connectivity index (χ2n) is 10.3. The highest BCUT2D eigenvalue weighted by atomic mass is 19.1. The lowest BCUT2D eigenvalue weighted by atomic mass is 9.81. The van der Waals surface area contributed by atoms with Crippen molar-refractivity contribution in [3.63, 3.8) is 0 Å². The van der Waals surface area contributed by atoms with Crippen LogP contribution in [-0.4, -0.2) is 25.1 Å². The number of hydrogen-bond donors (Lipinski definition) is 2. The number of nitriles is 1. The van der Waals surface area contributed by atoms with Gasteiger partial charge in [0.25, 0.3) is 0 Å². The number of halogens is 1. The number of benzene rings is 2. The van der Waals surface area contributed by atoms with Crippen molar-refractivity contribution in [2.45, 2.75) is 77.2 Å². The van der Waals surface area contributed by atoms with Gasteiger partial charge < -0.3 is 10.6 Å². The first-order chi connectivity index (χ1) is 18.0. The molecule has 2 aromatic carbocycles. The summed E-state index contributed by atoms with van der Waals surface area (Å²) in [6.07, 6.45) is 12.1. The molecule has 4 rings (SSSR count). The monoisotopic (exact) mass is 499 g/mol. The van der Waals surface area contributed by atoms with E-state index in [9.17, 15) is 4.39 Å². The first-order valence-corrected chi connectivity index (χ1v) is 13.5. The summed E-state index contributed by atoms with van der Waals surface area (Å²) in [5.41, 5.74) is 5.40. The Bertz CT molecular complexity index is 1180. The molecule has 2 fully saturated rings. The fourth-order valence-electron chi connectivity index (χ4n) is 5.47. The van der Waals surface area contributed by atoms with E-state index < -0.39 is 0 Å². The van der Waals surface area contributed by atoms with Crippen molar-refractivity contribution < 1.29 is 4.39 Å². The molecule has 37 heavy (non-hydrogen) atoms. The van der Waals surface area contributed by atoms with E-state index in [4.69, 9.17) is 10.3 Å². The lowest BCUT2D eigenvalue weighted by Gasteiger charge is -2.33. The van der Waals surface area contributed by atoms with Gasteiger partial charge in [-0.3, -0.25) is 9.98 Å². The predicted octanol–water partition coefficient (Wildman–Crippen LogP) is 7.48. The summed E-state index contributed by atoms with van der Waals surface area (Å²) in [5, 5.41) is 16.0. The molecular formula is C31H38FN5. The van der Waals surface area contributed by atoms with Gasteiger partial charge in [-0.25, -0.2) is 4.39 Å². The molecule has 2 aromatic rings. The first-order valence-electron chi connectivity index (χ1n) is 13.5. The van der Waals surface area contributed by atoms with E-state index in [0.717, 1.165) is 47.5 Å². The standard InChI is InChI=1S/C31H38FN5/c1-21-19-22(2)29(27(32)20-21)35-17-8-18-36-31(37-28-13-5-4-9-24(28)10-7-16-33)26-12-6-11-25(23-14-15-23)30(26)34-3/h6,8,11-12,17,19-20,23-24,28,35H,3-5,7,9-10,13-15,18H2,1-2H3,(H,36,37)/b17-8+.